The molecule has 11 heteroatoms. The summed E-state index contributed by atoms with van der Waals surface area (Å²) in [6, 6.07) is 10.4. The second-order valence-corrected chi connectivity index (χ2v) is 10.2. The van der Waals surface area contributed by atoms with E-state index in [-0.39, 0.29) is 78.7 Å². The van der Waals surface area contributed by atoms with E-state index < -0.39 is 30.4 Å². The third-order valence-corrected chi connectivity index (χ3v) is 6.54. The Morgan fingerprint density at radius 3 is 2.30 bits per heavy atom. The Bertz CT molecular complexity index is 1310. The maximum Gasteiger partial charge on any atom is 1.00 e. The Kier molecular flexibility index (Phi) is 12.5. The van der Waals surface area contributed by atoms with Gasteiger partial charge in [0.1, 0.15) is 11.6 Å². The first-order valence-corrected chi connectivity index (χ1v) is 12.8. The number of aliphatic hydroxyl groups is 2. The van der Waals surface area contributed by atoms with Crippen LogP contribution in [0.2, 0.25) is 0 Å². The number of aliphatic carboxylic acids is 1. The van der Waals surface area contributed by atoms with Crippen LogP contribution >= 0.6 is 0 Å². The second kappa shape index (κ2) is 14.8. The van der Waals surface area contributed by atoms with Gasteiger partial charge < -0.3 is 25.0 Å². The van der Waals surface area contributed by atoms with E-state index in [1.807, 2.05) is 13.8 Å². The summed E-state index contributed by atoms with van der Waals surface area (Å²) in [6.45, 7) is 5.62. The quantitative estimate of drug-likeness (QED) is 0.300. The van der Waals surface area contributed by atoms with Gasteiger partial charge in [-0.15, -0.1) is 0 Å². The number of carboxylic acid groups (broad SMARTS) is 1. The average molecular weight is 566 g/mol. The van der Waals surface area contributed by atoms with Crippen molar-refractivity contribution in [2.45, 2.75) is 71.1 Å². The first-order chi connectivity index (χ1) is 18.4. The van der Waals surface area contributed by atoms with Crippen molar-refractivity contribution in [2.24, 2.45) is 0 Å². The van der Waals surface area contributed by atoms with Crippen molar-refractivity contribution in [3.05, 3.63) is 82.2 Å². The Hall–Kier alpha value is -2.63. The van der Waals surface area contributed by atoms with Crippen LogP contribution in [-0.2, 0) is 17.8 Å². The predicted octanol–water partition coefficient (Wildman–Crippen LogP) is 0.0430. The van der Waals surface area contributed by atoms with Gasteiger partial charge in [0.15, 0.2) is 5.69 Å². The van der Waals surface area contributed by atoms with Gasteiger partial charge in [-0.05, 0) is 73.6 Å². The number of halogens is 2. The number of hydrogen-bond acceptors (Lipinski definition) is 6. The van der Waals surface area contributed by atoms with E-state index in [2.05, 4.69) is 5.10 Å². The van der Waals surface area contributed by atoms with Crippen molar-refractivity contribution in [3.8, 4) is 5.69 Å². The van der Waals surface area contributed by atoms with Crippen LogP contribution in [0.1, 0.15) is 71.9 Å². The molecule has 0 bridgehead atoms. The van der Waals surface area contributed by atoms with Gasteiger partial charge in [-0.25, -0.2) is 13.5 Å². The Morgan fingerprint density at radius 1 is 1.07 bits per heavy atom. The number of benzene rings is 2. The van der Waals surface area contributed by atoms with Crippen molar-refractivity contribution < 1.29 is 63.2 Å². The second-order valence-electron chi connectivity index (χ2n) is 10.2. The molecule has 0 fully saturated rings. The van der Waals surface area contributed by atoms with Crippen molar-refractivity contribution >= 4 is 11.9 Å². The number of carboxylic acids is 1. The SMILES string of the molecule is Cc1ccc(CN(C)C(=O)c2nn(-c3ccc(F)cc3)c(CC[C@@H](O)C[C@@H](O)CC(=O)[O-])c2C(C)C)cc1F.[Na+]. The van der Waals surface area contributed by atoms with Gasteiger partial charge in [0.05, 0.1) is 17.9 Å². The van der Waals surface area contributed by atoms with Crippen LogP contribution in [0.3, 0.4) is 0 Å². The maximum atomic E-state index is 14.1. The molecule has 0 unspecified atom stereocenters. The van der Waals surface area contributed by atoms with Gasteiger partial charge in [-0.2, -0.15) is 5.10 Å². The molecule has 2 aromatic carbocycles. The van der Waals surface area contributed by atoms with E-state index in [0.29, 0.717) is 28.1 Å². The molecule has 40 heavy (non-hydrogen) atoms. The Labute approximate surface area is 254 Å². The summed E-state index contributed by atoms with van der Waals surface area (Å²) in [7, 11) is 1.60. The number of nitrogens with zero attached hydrogens (tertiary/aromatic N) is 3. The zero-order chi connectivity index (χ0) is 28.9. The summed E-state index contributed by atoms with van der Waals surface area (Å²) >= 11 is 0. The number of aromatic nitrogens is 2. The summed E-state index contributed by atoms with van der Waals surface area (Å²) in [4.78, 5) is 25.8. The molecule has 210 valence electrons. The minimum Gasteiger partial charge on any atom is -0.550 e. The number of carbonyl (C=O) groups excluding carboxylic acids is 2. The van der Waals surface area contributed by atoms with E-state index >= 15 is 0 Å². The van der Waals surface area contributed by atoms with Gasteiger partial charge in [-0.3, -0.25) is 4.79 Å². The van der Waals surface area contributed by atoms with Crippen molar-refractivity contribution in [1.82, 2.24) is 14.7 Å². The van der Waals surface area contributed by atoms with Crippen molar-refractivity contribution in [1.29, 1.82) is 0 Å². The average Bonchev–Trinajstić information content (AvgIpc) is 3.24. The maximum absolute atomic E-state index is 14.1. The van der Waals surface area contributed by atoms with Crippen molar-refractivity contribution in [3.63, 3.8) is 0 Å². The molecule has 1 amide bonds. The van der Waals surface area contributed by atoms with Crippen LogP contribution in [0.4, 0.5) is 8.78 Å². The van der Waals surface area contributed by atoms with Crippen LogP contribution in [0.25, 0.3) is 5.69 Å². The molecule has 0 spiro atoms. The van der Waals surface area contributed by atoms with Gasteiger partial charge >= 0.3 is 29.6 Å². The monoisotopic (exact) mass is 565 g/mol. The zero-order valence-electron chi connectivity index (χ0n) is 23.5. The molecule has 3 rings (SSSR count). The number of aliphatic hydroxyl groups excluding tert-OH is 2. The molecule has 0 radical (unpaired) electrons. The number of carbonyl (C=O) groups is 2. The minimum absolute atomic E-state index is 0. The van der Waals surface area contributed by atoms with Crippen LogP contribution in [0.15, 0.2) is 42.5 Å². The number of hydrogen-bond donors (Lipinski definition) is 2. The van der Waals surface area contributed by atoms with Crippen LogP contribution in [0, 0.1) is 18.6 Å². The first kappa shape index (κ1) is 33.6. The minimum atomic E-state index is -1.41. The molecule has 2 atom stereocenters. The Balaban J connectivity index is 0.00000560. The van der Waals surface area contributed by atoms with Gasteiger partial charge in [0.25, 0.3) is 5.91 Å². The van der Waals surface area contributed by atoms with E-state index in [1.165, 1.54) is 35.2 Å². The first-order valence-electron chi connectivity index (χ1n) is 12.8. The fourth-order valence-electron chi connectivity index (χ4n) is 4.54. The van der Waals surface area contributed by atoms with Crippen LogP contribution in [0.5, 0.6) is 0 Å². The molecule has 0 aliphatic heterocycles. The third kappa shape index (κ3) is 8.68. The number of aryl methyl sites for hydroxylation is 1. The summed E-state index contributed by atoms with van der Waals surface area (Å²) in [5, 5.41) is 35.7. The normalized spacial score (nSPS) is 12.6. The fourth-order valence-corrected chi connectivity index (χ4v) is 4.54. The smallest absolute Gasteiger partial charge is 0.550 e. The standard InChI is InChI=1S/C29H35F2N3O5.Na/c1-17(2)27-25(12-11-22(35)14-23(36)15-26(37)38)34(21-9-7-20(30)8-10-21)32-28(27)29(39)33(4)16-19-6-5-18(3)24(31)13-19;/h5-10,13,17,22-23,35-36H,11-12,14-16H2,1-4H3,(H,37,38);/q;+1/p-1/t22-,23-;/m1./s1. The molecule has 0 aliphatic rings. The number of rotatable bonds is 12. The Morgan fingerprint density at radius 2 is 1.73 bits per heavy atom. The molecule has 1 heterocycles. The largest absolute Gasteiger partial charge is 1.00 e. The third-order valence-electron chi connectivity index (χ3n) is 6.54. The molecular formula is C29H34F2N3NaO5. The molecular weight excluding hydrogens is 531 g/mol. The molecule has 0 aliphatic carbocycles. The molecule has 3 aromatic rings. The van der Waals surface area contributed by atoms with Crippen LogP contribution in [-0.4, -0.2) is 56.0 Å². The van der Waals surface area contributed by atoms with Gasteiger partial charge in [-0.1, -0.05) is 26.0 Å². The van der Waals surface area contributed by atoms with Gasteiger partial charge in [0.2, 0.25) is 0 Å². The van der Waals surface area contributed by atoms with Crippen LogP contribution < -0.4 is 34.7 Å². The summed E-state index contributed by atoms with van der Waals surface area (Å²) in [5.41, 5.74) is 3.10. The molecule has 8 nitrogen and oxygen atoms in total. The fraction of sp³-hybridized carbons (Fsp3) is 0.414. The number of amides is 1. The zero-order valence-corrected chi connectivity index (χ0v) is 25.5. The van der Waals surface area contributed by atoms with E-state index in [0.717, 1.165) is 0 Å². The topological polar surface area (TPSA) is 119 Å². The molecule has 2 N–H and O–H groups in total. The van der Waals surface area contributed by atoms with Crippen molar-refractivity contribution in [2.75, 3.05) is 7.05 Å². The van der Waals surface area contributed by atoms with E-state index in [1.54, 1.807) is 30.8 Å². The van der Waals surface area contributed by atoms with E-state index in [9.17, 15) is 33.7 Å². The summed E-state index contributed by atoms with van der Waals surface area (Å²) in [6.07, 6.45) is -2.61. The van der Waals surface area contributed by atoms with E-state index in [4.69, 9.17) is 0 Å². The summed E-state index contributed by atoms with van der Waals surface area (Å²) < 4.78 is 29.3. The van der Waals surface area contributed by atoms with Gasteiger partial charge in [0, 0.05) is 37.2 Å². The molecule has 0 saturated carbocycles. The predicted molar refractivity (Wildman–Crippen MR) is 139 cm³/mol. The molecule has 0 saturated heterocycles. The molecule has 1 aromatic heterocycles. The summed E-state index contributed by atoms with van der Waals surface area (Å²) in [5.74, 6) is -2.74.